The lowest BCUT2D eigenvalue weighted by molar-refractivity contribution is -0.128. The SMILES string of the molecule is CC(NC(C)(C)C)C(=O)C(C)(C)C. The topological polar surface area (TPSA) is 29.1 Å². The van der Waals surface area contributed by atoms with Gasteiger partial charge in [0.05, 0.1) is 6.04 Å². The molecule has 0 heterocycles. The van der Waals surface area contributed by atoms with Crippen LogP contribution < -0.4 is 5.32 Å². The summed E-state index contributed by atoms with van der Waals surface area (Å²) in [6, 6.07) is -0.0694. The van der Waals surface area contributed by atoms with Crippen LogP contribution in [-0.2, 0) is 4.79 Å². The van der Waals surface area contributed by atoms with Crippen LogP contribution in [0.2, 0.25) is 0 Å². The summed E-state index contributed by atoms with van der Waals surface area (Å²) in [5.41, 5.74) is -0.252. The number of hydrogen-bond donors (Lipinski definition) is 1. The second kappa shape index (κ2) is 3.79. The number of carbonyl (C=O) groups is 1. The number of carbonyl (C=O) groups excluding carboxylic acids is 1. The number of rotatable bonds is 2. The van der Waals surface area contributed by atoms with E-state index in [2.05, 4.69) is 26.1 Å². The Bertz CT molecular complexity index is 183. The van der Waals surface area contributed by atoms with Gasteiger partial charge in [-0.15, -0.1) is 0 Å². The van der Waals surface area contributed by atoms with E-state index in [0.29, 0.717) is 0 Å². The van der Waals surface area contributed by atoms with E-state index < -0.39 is 0 Å². The first-order chi connectivity index (χ1) is 5.54. The van der Waals surface area contributed by atoms with Crippen molar-refractivity contribution >= 4 is 5.78 Å². The van der Waals surface area contributed by atoms with Crippen LogP contribution in [0.25, 0.3) is 0 Å². The highest BCUT2D eigenvalue weighted by Gasteiger charge is 2.28. The van der Waals surface area contributed by atoms with Crippen molar-refractivity contribution in [1.82, 2.24) is 5.32 Å². The third-order valence-corrected chi connectivity index (χ3v) is 1.78. The van der Waals surface area contributed by atoms with Crippen molar-refractivity contribution in [2.75, 3.05) is 0 Å². The monoisotopic (exact) mass is 185 g/mol. The molecule has 2 heteroatoms. The molecule has 0 saturated heterocycles. The van der Waals surface area contributed by atoms with Crippen molar-refractivity contribution in [3.8, 4) is 0 Å². The van der Waals surface area contributed by atoms with Crippen LogP contribution in [0.1, 0.15) is 48.5 Å². The number of ketones is 1. The summed E-state index contributed by atoms with van der Waals surface area (Å²) in [6.07, 6.45) is 0. The Morgan fingerprint density at radius 2 is 1.46 bits per heavy atom. The second-order valence-electron chi connectivity index (χ2n) is 5.73. The lowest BCUT2D eigenvalue weighted by atomic mass is 9.86. The highest BCUT2D eigenvalue weighted by atomic mass is 16.1. The fraction of sp³-hybridized carbons (Fsp3) is 0.909. The lowest BCUT2D eigenvalue weighted by Gasteiger charge is -2.29. The Morgan fingerprint density at radius 1 is 1.08 bits per heavy atom. The Balaban J connectivity index is 4.30. The smallest absolute Gasteiger partial charge is 0.154 e. The van der Waals surface area contributed by atoms with Gasteiger partial charge >= 0.3 is 0 Å². The maximum atomic E-state index is 11.8. The van der Waals surface area contributed by atoms with Crippen molar-refractivity contribution in [1.29, 1.82) is 0 Å². The summed E-state index contributed by atoms with van der Waals surface area (Å²) in [4.78, 5) is 11.8. The molecule has 0 amide bonds. The van der Waals surface area contributed by atoms with Gasteiger partial charge in [-0.25, -0.2) is 0 Å². The summed E-state index contributed by atoms with van der Waals surface area (Å²) >= 11 is 0. The van der Waals surface area contributed by atoms with Crippen molar-refractivity contribution in [3.63, 3.8) is 0 Å². The van der Waals surface area contributed by atoms with Crippen LogP contribution in [0.4, 0.5) is 0 Å². The van der Waals surface area contributed by atoms with E-state index in [1.807, 2.05) is 27.7 Å². The van der Waals surface area contributed by atoms with E-state index in [-0.39, 0.29) is 22.8 Å². The minimum atomic E-state index is -0.252. The van der Waals surface area contributed by atoms with Crippen molar-refractivity contribution in [3.05, 3.63) is 0 Å². The van der Waals surface area contributed by atoms with Crippen LogP contribution in [-0.4, -0.2) is 17.4 Å². The maximum absolute atomic E-state index is 11.8. The second-order valence-corrected chi connectivity index (χ2v) is 5.73. The first kappa shape index (κ1) is 12.6. The fourth-order valence-corrected chi connectivity index (χ4v) is 1.36. The van der Waals surface area contributed by atoms with E-state index in [1.54, 1.807) is 0 Å². The molecule has 13 heavy (non-hydrogen) atoms. The van der Waals surface area contributed by atoms with Crippen LogP contribution >= 0.6 is 0 Å². The van der Waals surface area contributed by atoms with E-state index in [1.165, 1.54) is 0 Å². The Morgan fingerprint density at radius 3 is 1.69 bits per heavy atom. The number of nitrogens with one attached hydrogen (secondary N) is 1. The highest BCUT2D eigenvalue weighted by molar-refractivity contribution is 5.88. The van der Waals surface area contributed by atoms with Gasteiger partial charge in [-0.2, -0.15) is 0 Å². The van der Waals surface area contributed by atoms with Crippen molar-refractivity contribution in [2.45, 2.75) is 60.0 Å². The average Bonchev–Trinajstić information content (AvgIpc) is 1.79. The van der Waals surface area contributed by atoms with E-state index in [0.717, 1.165) is 0 Å². The highest BCUT2D eigenvalue weighted by Crippen LogP contribution is 2.17. The zero-order valence-electron chi connectivity index (χ0n) is 9.99. The number of hydrogen-bond acceptors (Lipinski definition) is 2. The van der Waals surface area contributed by atoms with Gasteiger partial charge in [-0.1, -0.05) is 20.8 Å². The molecule has 0 fully saturated rings. The van der Waals surface area contributed by atoms with Crippen LogP contribution in [0.5, 0.6) is 0 Å². The Labute approximate surface area is 82.1 Å². The summed E-state index contributed by atoms with van der Waals surface area (Å²) in [7, 11) is 0. The van der Waals surface area contributed by atoms with E-state index in [4.69, 9.17) is 0 Å². The zero-order valence-corrected chi connectivity index (χ0v) is 9.99. The van der Waals surface area contributed by atoms with Gasteiger partial charge in [0.25, 0.3) is 0 Å². The molecule has 0 radical (unpaired) electrons. The van der Waals surface area contributed by atoms with Gasteiger partial charge in [0.2, 0.25) is 0 Å². The molecule has 1 unspecified atom stereocenters. The van der Waals surface area contributed by atoms with Crippen molar-refractivity contribution < 1.29 is 4.79 Å². The summed E-state index contributed by atoms with van der Waals surface area (Å²) in [5, 5.41) is 3.28. The molecule has 0 aliphatic carbocycles. The van der Waals surface area contributed by atoms with Gasteiger partial charge in [0.1, 0.15) is 0 Å². The zero-order chi connectivity index (χ0) is 10.9. The largest absolute Gasteiger partial charge is 0.303 e. The van der Waals surface area contributed by atoms with Crippen LogP contribution in [0.3, 0.4) is 0 Å². The average molecular weight is 185 g/mol. The van der Waals surface area contributed by atoms with E-state index >= 15 is 0 Å². The molecule has 0 aromatic heterocycles. The molecule has 1 atom stereocenters. The van der Waals surface area contributed by atoms with Gasteiger partial charge in [0, 0.05) is 11.0 Å². The molecule has 0 aromatic carbocycles. The molecule has 0 aliphatic rings. The minimum Gasteiger partial charge on any atom is -0.303 e. The van der Waals surface area contributed by atoms with Gasteiger partial charge in [0.15, 0.2) is 5.78 Å². The summed E-state index contributed by atoms with van der Waals surface area (Å²) < 4.78 is 0. The summed E-state index contributed by atoms with van der Waals surface area (Å²) in [5.74, 6) is 0.266. The van der Waals surface area contributed by atoms with Crippen molar-refractivity contribution in [2.24, 2.45) is 5.41 Å². The minimum absolute atomic E-state index is 0.000324. The van der Waals surface area contributed by atoms with Gasteiger partial charge < -0.3 is 5.32 Å². The Kier molecular flexibility index (Phi) is 3.68. The molecular formula is C11H23NO. The van der Waals surface area contributed by atoms with E-state index in [9.17, 15) is 4.79 Å². The fourth-order valence-electron chi connectivity index (χ4n) is 1.36. The third-order valence-electron chi connectivity index (χ3n) is 1.78. The predicted octanol–water partition coefficient (Wildman–Crippen LogP) is 2.38. The molecule has 78 valence electrons. The first-order valence-corrected chi connectivity index (χ1v) is 4.86. The first-order valence-electron chi connectivity index (χ1n) is 4.86. The summed E-state index contributed by atoms with van der Waals surface area (Å²) in [6.45, 7) is 14.0. The normalized spacial score (nSPS) is 15.6. The predicted molar refractivity (Wildman–Crippen MR) is 56.8 cm³/mol. The molecule has 0 aliphatic heterocycles. The van der Waals surface area contributed by atoms with Crippen LogP contribution in [0.15, 0.2) is 0 Å². The molecule has 0 rings (SSSR count). The Hall–Kier alpha value is -0.370. The standard InChI is InChI=1S/C11H23NO/c1-8(12-11(5,6)7)9(13)10(2,3)4/h8,12H,1-7H3. The maximum Gasteiger partial charge on any atom is 0.154 e. The molecule has 1 N–H and O–H groups in total. The van der Waals surface area contributed by atoms with Gasteiger partial charge in [-0.05, 0) is 27.7 Å². The quantitative estimate of drug-likeness (QED) is 0.715. The van der Waals surface area contributed by atoms with Crippen LogP contribution in [0, 0.1) is 5.41 Å². The molecular weight excluding hydrogens is 162 g/mol. The third kappa shape index (κ3) is 5.04. The molecule has 0 spiro atoms. The molecule has 2 nitrogen and oxygen atoms in total. The molecule has 0 saturated carbocycles. The molecule has 0 aromatic rings. The van der Waals surface area contributed by atoms with Gasteiger partial charge in [-0.3, -0.25) is 4.79 Å². The number of Topliss-reactive ketones (excluding diaryl/α,β-unsaturated/α-hetero) is 1. The molecule has 0 bridgehead atoms. The lowest BCUT2D eigenvalue weighted by Crippen LogP contribution is -2.49.